The van der Waals surface area contributed by atoms with E-state index in [0.29, 0.717) is 10.5 Å². The van der Waals surface area contributed by atoms with E-state index in [-0.39, 0.29) is 6.04 Å². The van der Waals surface area contributed by atoms with Gasteiger partial charge in [0.05, 0.1) is 13.2 Å². The number of nitrogens with zero attached hydrogens (tertiary/aromatic N) is 1. The zero-order valence-electron chi connectivity index (χ0n) is 10.6. The fourth-order valence-electron chi connectivity index (χ4n) is 2.15. The number of aromatic nitrogens is 1. The summed E-state index contributed by atoms with van der Waals surface area (Å²) in [5.41, 5.74) is 3.81. The molecular formula is C12H19N3OS2. The van der Waals surface area contributed by atoms with Gasteiger partial charge in [-0.15, -0.1) is 0 Å². The van der Waals surface area contributed by atoms with Crippen LogP contribution in [0.5, 0.6) is 5.75 Å². The maximum Gasteiger partial charge on any atom is 0.142 e. The molecule has 1 aromatic rings. The first-order valence-electron chi connectivity index (χ1n) is 5.96. The van der Waals surface area contributed by atoms with E-state index < -0.39 is 0 Å². The van der Waals surface area contributed by atoms with Gasteiger partial charge in [0.1, 0.15) is 11.4 Å². The lowest BCUT2D eigenvalue weighted by atomic mass is 10.1. The molecule has 1 fully saturated rings. The highest BCUT2D eigenvalue weighted by Crippen LogP contribution is 2.39. The summed E-state index contributed by atoms with van der Waals surface area (Å²) < 4.78 is 5.38. The predicted octanol–water partition coefficient (Wildman–Crippen LogP) is 1.83. The zero-order valence-corrected chi connectivity index (χ0v) is 12.3. The Bertz CT molecular complexity index is 391. The van der Waals surface area contributed by atoms with Gasteiger partial charge in [-0.1, -0.05) is 6.92 Å². The molecule has 4 nitrogen and oxygen atoms in total. The van der Waals surface area contributed by atoms with E-state index in [9.17, 15) is 0 Å². The van der Waals surface area contributed by atoms with Crippen molar-refractivity contribution in [1.82, 2.24) is 10.4 Å². The van der Waals surface area contributed by atoms with Crippen molar-refractivity contribution < 1.29 is 4.74 Å². The number of hydrogen-bond acceptors (Lipinski definition) is 6. The molecule has 0 aliphatic carbocycles. The Kier molecular flexibility index (Phi) is 5.17. The van der Waals surface area contributed by atoms with E-state index in [2.05, 4.69) is 17.3 Å². The van der Waals surface area contributed by atoms with Gasteiger partial charge in [0.2, 0.25) is 0 Å². The summed E-state index contributed by atoms with van der Waals surface area (Å²) in [4.78, 5) is 4.44. The molecule has 18 heavy (non-hydrogen) atoms. The summed E-state index contributed by atoms with van der Waals surface area (Å²) in [5, 5.41) is 0.967. The maximum absolute atomic E-state index is 5.75. The third kappa shape index (κ3) is 2.93. The summed E-state index contributed by atoms with van der Waals surface area (Å²) in [7, 11) is 1.67. The summed E-state index contributed by atoms with van der Waals surface area (Å²) >= 11 is 3.95. The molecule has 2 heterocycles. The molecule has 100 valence electrons. The molecule has 0 spiro atoms. The highest BCUT2D eigenvalue weighted by atomic mass is 32.2. The van der Waals surface area contributed by atoms with E-state index >= 15 is 0 Å². The number of nitrogens with one attached hydrogen (secondary N) is 1. The van der Waals surface area contributed by atoms with Crippen molar-refractivity contribution in [1.29, 1.82) is 0 Å². The van der Waals surface area contributed by atoms with Crippen LogP contribution >= 0.6 is 23.5 Å². The van der Waals surface area contributed by atoms with Crippen LogP contribution in [0, 0.1) is 0 Å². The number of hydrogen-bond donors (Lipinski definition) is 2. The molecule has 1 aliphatic rings. The number of thioether (sulfide) groups is 2. The average Bonchev–Trinajstić information content (AvgIpc) is 2.42. The number of methoxy groups -OCH3 is 1. The molecule has 1 aromatic heterocycles. The second kappa shape index (κ2) is 6.65. The van der Waals surface area contributed by atoms with Crippen LogP contribution < -0.4 is 16.0 Å². The molecule has 0 bridgehead atoms. The molecule has 0 amide bonds. The Morgan fingerprint density at radius 3 is 2.94 bits per heavy atom. The van der Waals surface area contributed by atoms with Gasteiger partial charge in [-0.05, 0) is 12.1 Å². The quantitative estimate of drug-likeness (QED) is 0.650. The first kappa shape index (κ1) is 14.0. The minimum absolute atomic E-state index is 0.0222. The first-order chi connectivity index (χ1) is 8.77. The summed E-state index contributed by atoms with van der Waals surface area (Å²) in [6, 6.07) is 3.83. The van der Waals surface area contributed by atoms with Crippen molar-refractivity contribution in [2.45, 2.75) is 23.5 Å². The van der Waals surface area contributed by atoms with E-state index in [1.165, 1.54) is 5.75 Å². The van der Waals surface area contributed by atoms with Crippen molar-refractivity contribution >= 4 is 23.5 Å². The largest absolute Gasteiger partial charge is 0.495 e. The predicted molar refractivity (Wildman–Crippen MR) is 79.0 cm³/mol. The molecule has 3 unspecified atom stereocenters. The molecule has 0 aromatic carbocycles. The van der Waals surface area contributed by atoms with Gasteiger partial charge in [0.15, 0.2) is 0 Å². The van der Waals surface area contributed by atoms with Gasteiger partial charge in [0.25, 0.3) is 0 Å². The van der Waals surface area contributed by atoms with Gasteiger partial charge < -0.3 is 4.74 Å². The zero-order chi connectivity index (χ0) is 13.0. The third-order valence-corrected chi connectivity index (χ3v) is 6.25. The number of hydrazine groups is 1. The number of ether oxygens (including phenoxy) is 1. The van der Waals surface area contributed by atoms with Crippen LogP contribution in [0.2, 0.25) is 0 Å². The van der Waals surface area contributed by atoms with Crippen LogP contribution in [0.1, 0.15) is 18.7 Å². The van der Waals surface area contributed by atoms with Gasteiger partial charge in [-0.3, -0.25) is 16.3 Å². The van der Waals surface area contributed by atoms with Crippen LogP contribution in [-0.2, 0) is 0 Å². The van der Waals surface area contributed by atoms with E-state index in [4.69, 9.17) is 10.6 Å². The summed E-state index contributed by atoms with van der Waals surface area (Å²) in [6.45, 7) is 2.25. The molecule has 1 saturated heterocycles. The fourth-order valence-corrected chi connectivity index (χ4v) is 5.06. The normalized spacial score (nSPS) is 25.7. The molecular weight excluding hydrogens is 266 g/mol. The van der Waals surface area contributed by atoms with Crippen molar-refractivity contribution in [2.75, 3.05) is 18.6 Å². The second-order valence-electron chi connectivity index (χ2n) is 4.15. The molecule has 6 heteroatoms. The number of nitrogens with two attached hydrogens (primary N) is 1. The highest BCUT2D eigenvalue weighted by Gasteiger charge is 2.33. The van der Waals surface area contributed by atoms with Gasteiger partial charge in [-0.2, -0.15) is 23.5 Å². The monoisotopic (exact) mass is 285 g/mol. The topological polar surface area (TPSA) is 60.2 Å². The lowest BCUT2D eigenvalue weighted by Crippen LogP contribution is -2.41. The molecule has 0 saturated carbocycles. The van der Waals surface area contributed by atoms with Crippen LogP contribution in [-0.4, -0.2) is 34.1 Å². The van der Waals surface area contributed by atoms with Crippen molar-refractivity contribution in [3.8, 4) is 5.75 Å². The second-order valence-corrected chi connectivity index (χ2v) is 6.92. The van der Waals surface area contributed by atoms with E-state index in [0.717, 1.165) is 17.2 Å². The summed E-state index contributed by atoms with van der Waals surface area (Å²) in [6.07, 6.45) is 1.79. The van der Waals surface area contributed by atoms with Crippen LogP contribution in [0.3, 0.4) is 0 Å². The fraction of sp³-hybridized carbons (Fsp3) is 0.583. The SMILES string of the molecule is COc1cccnc1C(NN)C1SCCSC1C. The van der Waals surface area contributed by atoms with Crippen LogP contribution in [0.4, 0.5) is 0 Å². The standard InChI is InChI=1S/C12H19N3OS2/c1-8-12(18-7-6-17-8)11(15-13)10-9(16-2)4-3-5-14-10/h3-5,8,11-12,15H,6-7,13H2,1-2H3. The van der Waals surface area contributed by atoms with Gasteiger partial charge in [-0.25, -0.2) is 0 Å². The molecule has 3 N–H and O–H groups in total. The minimum atomic E-state index is 0.0222. The Morgan fingerprint density at radius 2 is 2.28 bits per heavy atom. The molecule has 2 rings (SSSR count). The van der Waals surface area contributed by atoms with E-state index in [1.807, 2.05) is 35.7 Å². The Hall–Kier alpha value is -0.430. The third-order valence-electron chi connectivity index (χ3n) is 3.06. The maximum atomic E-state index is 5.75. The molecule has 0 radical (unpaired) electrons. The number of rotatable bonds is 4. The molecule has 1 aliphatic heterocycles. The summed E-state index contributed by atoms with van der Waals surface area (Å²) in [5.74, 6) is 8.92. The Morgan fingerprint density at radius 1 is 1.50 bits per heavy atom. The van der Waals surface area contributed by atoms with Crippen LogP contribution in [0.25, 0.3) is 0 Å². The number of pyridine rings is 1. The minimum Gasteiger partial charge on any atom is -0.495 e. The van der Waals surface area contributed by atoms with Crippen molar-refractivity contribution in [3.63, 3.8) is 0 Å². The lowest BCUT2D eigenvalue weighted by molar-refractivity contribution is 0.392. The highest BCUT2D eigenvalue weighted by molar-refractivity contribution is 8.07. The smallest absolute Gasteiger partial charge is 0.142 e. The van der Waals surface area contributed by atoms with Crippen molar-refractivity contribution in [3.05, 3.63) is 24.0 Å². The van der Waals surface area contributed by atoms with Crippen LogP contribution in [0.15, 0.2) is 18.3 Å². The lowest BCUT2D eigenvalue weighted by Gasteiger charge is -2.34. The first-order valence-corrected chi connectivity index (χ1v) is 8.06. The van der Waals surface area contributed by atoms with Gasteiger partial charge >= 0.3 is 0 Å². The van der Waals surface area contributed by atoms with Crippen molar-refractivity contribution in [2.24, 2.45) is 5.84 Å². The van der Waals surface area contributed by atoms with E-state index in [1.54, 1.807) is 13.3 Å². The molecule has 3 atom stereocenters. The van der Waals surface area contributed by atoms with Gasteiger partial charge in [0, 0.05) is 28.2 Å². The Labute approximate surface area is 116 Å². The Balaban J connectivity index is 2.26. The average molecular weight is 285 g/mol.